The van der Waals surface area contributed by atoms with Crippen LogP contribution in [0.1, 0.15) is 23.8 Å². The van der Waals surface area contributed by atoms with Gasteiger partial charge < -0.3 is 4.90 Å². The van der Waals surface area contributed by atoms with Crippen LogP contribution < -0.4 is 4.90 Å². The molecule has 3 rings (SSSR count). The molecular formula is C17H21N3S. The first kappa shape index (κ1) is 14.3. The first-order valence-electron chi connectivity index (χ1n) is 7.46. The first-order chi connectivity index (χ1) is 10.2. The molecule has 0 aromatic carbocycles. The van der Waals surface area contributed by atoms with Crippen LogP contribution in [0.25, 0.3) is 10.2 Å². The van der Waals surface area contributed by atoms with E-state index >= 15 is 0 Å². The normalized spacial score (nSPS) is 17.5. The number of fused-ring (bicyclic) bond motifs is 3. The summed E-state index contributed by atoms with van der Waals surface area (Å²) in [5.74, 6) is 1.81. The van der Waals surface area contributed by atoms with E-state index in [1.165, 1.54) is 28.7 Å². The molecule has 2 heterocycles. The van der Waals surface area contributed by atoms with Gasteiger partial charge in [-0.3, -0.25) is 0 Å². The van der Waals surface area contributed by atoms with Crippen LogP contribution in [0.3, 0.4) is 0 Å². The molecule has 110 valence electrons. The van der Waals surface area contributed by atoms with E-state index in [-0.39, 0.29) is 0 Å². The smallest absolute Gasteiger partial charge is 0.141 e. The Morgan fingerprint density at radius 3 is 2.81 bits per heavy atom. The van der Waals surface area contributed by atoms with Crippen molar-refractivity contribution in [1.29, 1.82) is 0 Å². The number of thiophene rings is 1. The van der Waals surface area contributed by atoms with Gasteiger partial charge in [0.1, 0.15) is 17.0 Å². The minimum Gasteiger partial charge on any atom is -0.349 e. The largest absolute Gasteiger partial charge is 0.349 e. The Kier molecular flexibility index (Phi) is 4.06. The Bertz CT molecular complexity index is 664. The molecule has 3 nitrogen and oxygen atoms in total. The maximum absolute atomic E-state index is 4.57. The van der Waals surface area contributed by atoms with E-state index in [9.17, 15) is 0 Å². The summed E-state index contributed by atoms with van der Waals surface area (Å²) in [5.41, 5.74) is 1.47. The maximum Gasteiger partial charge on any atom is 0.141 e. The zero-order valence-corrected chi connectivity index (χ0v) is 13.3. The summed E-state index contributed by atoms with van der Waals surface area (Å²) in [4.78, 5) is 13.9. The summed E-state index contributed by atoms with van der Waals surface area (Å²) < 4.78 is 0. The molecule has 0 amide bonds. The second-order valence-electron chi connectivity index (χ2n) is 5.71. The van der Waals surface area contributed by atoms with Gasteiger partial charge in [0.15, 0.2) is 0 Å². The minimum absolute atomic E-state index is 0.777. The monoisotopic (exact) mass is 299 g/mol. The average Bonchev–Trinajstić information content (AvgIpc) is 2.84. The van der Waals surface area contributed by atoms with Gasteiger partial charge in [0, 0.05) is 18.0 Å². The lowest BCUT2D eigenvalue weighted by molar-refractivity contribution is 0.509. The lowest BCUT2D eigenvalue weighted by Gasteiger charge is -2.23. The topological polar surface area (TPSA) is 29.0 Å². The molecule has 0 saturated heterocycles. The van der Waals surface area contributed by atoms with Crippen molar-refractivity contribution >= 4 is 27.4 Å². The van der Waals surface area contributed by atoms with Crippen molar-refractivity contribution in [3.05, 3.63) is 42.1 Å². The van der Waals surface area contributed by atoms with Gasteiger partial charge in [-0.1, -0.05) is 19.1 Å². The predicted octanol–water partition coefficient (Wildman–Crippen LogP) is 3.99. The van der Waals surface area contributed by atoms with Crippen molar-refractivity contribution in [2.45, 2.75) is 26.2 Å². The Morgan fingerprint density at radius 1 is 1.33 bits per heavy atom. The second-order valence-corrected chi connectivity index (χ2v) is 6.80. The Morgan fingerprint density at radius 2 is 2.10 bits per heavy atom. The third-order valence-corrected chi connectivity index (χ3v) is 5.23. The maximum atomic E-state index is 4.57. The van der Waals surface area contributed by atoms with E-state index < -0.39 is 0 Å². The highest BCUT2D eigenvalue weighted by atomic mass is 32.1. The minimum atomic E-state index is 0.777. The highest BCUT2D eigenvalue weighted by molar-refractivity contribution is 7.19. The highest BCUT2D eigenvalue weighted by Gasteiger charge is 2.24. The molecule has 21 heavy (non-hydrogen) atoms. The fourth-order valence-corrected chi connectivity index (χ4v) is 4.40. The molecule has 2 aromatic heterocycles. The molecule has 0 radical (unpaired) electrons. The molecule has 0 aliphatic heterocycles. The van der Waals surface area contributed by atoms with Gasteiger partial charge in [-0.15, -0.1) is 24.5 Å². The number of nitrogens with zero attached hydrogens (tertiary/aromatic N) is 3. The summed E-state index contributed by atoms with van der Waals surface area (Å²) in [6.45, 7) is 11.6. The third-order valence-electron chi connectivity index (χ3n) is 4.07. The van der Waals surface area contributed by atoms with E-state index in [4.69, 9.17) is 0 Å². The van der Waals surface area contributed by atoms with Gasteiger partial charge in [-0.2, -0.15) is 0 Å². The van der Waals surface area contributed by atoms with Gasteiger partial charge in [-0.25, -0.2) is 9.97 Å². The molecule has 0 fully saturated rings. The number of aromatic nitrogens is 2. The summed E-state index contributed by atoms with van der Waals surface area (Å²) in [7, 11) is 0. The molecule has 0 bridgehead atoms. The summed E-state index contributed by atoms with van der Waals surface area (Å²) >= 11 is 1.84. The number of anilines is 1. The SMILES string of the molecule is C=CCN(CC=C)c1ncnc2sc3c(c12)CC[C@H](C)C3. The van der Waals surface area contributed by atoms with Gasteiger partial charge in [-0.05, 0) is 30.7 Å². The van der Waals surface area contributed by atoms with E-state index in [0.717, 1.165) is 36.1 Å². The number of hydrogen-bond donors (Lipinski definition) is 0. The first-order valence-corrected chi connectivity index (χ1v) is 8.28. The second kappa shape index (κ2) is 5.98. The van der Waals surface area contributed by atoms with E-state index in [2.05, 4.69) is 34.9 Å². The van der Waals surface area contributed by atoms with Crippen LogP contribution in [0.4, 0.5) is 5.82 Å². The van der Waals surface area contributed by atoms with Crippen molar-refractivity contribution in [1.82, 2.24) is 9.97 Å². The average molecular weight is 299 g/mol. The van der Waals surface area contributed by atoms with Gasteiger partial charge >= 0.3 is 0 Å². The predicted molar refractivity (Wildman–Crippen MR) is 91.2 cm³/mol. The fourth-order valence-electron chi connectivity index (χ4n) is 3.06. The Labute approximate surface area is 130 Å². The van der Waals surface area contributed by atoms with Crippen LogP contribution in [0.15, 0.2) is 31.6 Å². The lowest BCUT2D eigenvalue weighted by atomic mass is 9.89. The van der Waals surface area contributed by atoms with Crippen molar-refractivity contribution in [3.8, 4) is 0 Å². The van der Waals surface area contributed by atoms with Crippen LogP contribution in [-0.2, 0) is 12.8 Å². The van der Waals surface area contributed by atoms with E-state index in [1.54, 1.807) is 6.33 Å². The molecular weight excluding hydrogens is 278 g/mol. The highest BCUT2D eigenvalue weighted by Crippen LogP contribution is 2.40. The number of rotatable bonds is 5. The zero-order chi connectivity index (χ0) is 14.8. The molecule has 0 spiro atoms. The van der Waals surface area contributed by atoms with E-state index in [0.29, 0.717) is 0 Å². The summed E-state index contributed by atoms with van der Waals surface area (Å²) in [6, 6.07) is 0. The summed E-state index contributed by atoms with van der Waals surface area (Å²) in [6.07, 6.45) is 9.10. The molecule has 1 atom stereocenters. The fraction of sp³-hybridized carbons (Fsp3) is 0.412. The van der Waals surface area contributed by atoms with E-state index in [1.807, 2.05) is 23.5 Å². The molecule has 1 aliphatic rings. The van der Waals surface area contributed by atoms with Gasteiger partial charge in [0.2, 0.25) is 0 Å². The lowest BCUT2D eigenvalue weighted by Crippen LogP contribution is -2.24. The Balaban J connectivity index is 2.14. The van der Waals surface area contributed by atoms with Crippen molar-refractivity contribution in [2.75, 3.05) is 18.0 Å². The number of hydrogen-bond acceptors (Lipinski definition) is 4. The number of aryl methyl sites for hydroxylation is 1. The van der Waals surface area contributed by atoms with Crippen LogP contribution in [-0.4, -0.2) is 23.1 Å². The van der Waals surface area contributed by atoms with Crippen LogP contribution in [0, 0.1) is 5.92 Å². The quantitative estimate of drug-likeness (QED) is 0.782. The van der Waals surface area contributed by atoms with Crippen LogP contribution in [0.5, 0.6) is 0 Å². The molecule has 1 aliphatic carbocycles. The van der Waals surface area contributed by atoms with Crippen molar-refractivity contribution < 1.29 is 0 Å². The third kappa shape index (κ3) is 2.60. The zero-order valence-electron chi connectivity index (χ0n) is 12.5. The van der Waals surface area contributed by atoms with Crippen LogP contribution in [0.2, 0.25) is 0 Å². The molecule has 2 aromatic rings. The summed E-state index contributed by atoms with van der Waals surface area (Å²) in [5, 5.41) is 1.26. The van der Waals surface area contributed by atoms with Crippen LogP contribution >= 0.6 is 11.3 Å². The van der Waals surface area contributed by atoms with Gasteiger partial charge in [0.05, 0.1) is 5.39 Å². The van der Waals surface area contributed by atoms with Crippen molar-refractivity contribution in [3.63, 3.8) is 0 Å². The molecule has 0 unspecified atom stereocenters. The Hall–Kier alpha value is -1.68. The van der Waals surface area contributed by atoms with Crippen molar-refractivity contribution in [2.24, 2.45) is 5.92 Å². The molecule has 0 N–H and O–H groups in total. The molecule has 0 saturated carbocycles. The van der Waals surface area contributed by atoms with Gasteiger partial charge in [0.25, 0.3) is 0 Å². The standard InChI is InChI=1S/C17H21N3S/c1-4-8-20(9-5-2)16-15-13-7-6-12(3)10-14(13)21-17(15)19-11-18-16/h4-5,11-12H,1-2,6-10H2,3H3/t12-/m0/s1. The molecule has 4 heteroatoms.